The molecule has 88 valence electrons. The smallest absolute Gasteiger partial charge is 0.253 e. The van der Waals surface area contributed by atoms with Crippen molar-refractivity contribution < 1.29 is 8.78 Å². The summed E-state index contributed by atoms with van der Waals surface area (Å²) in [5.74, 6) is -2.73. The van der Waals surface area contributed by atoms with Crippen LogP contribution in [-0.4, -0.2) is 44.0 Å². The maximum absolute atomic E-state index is 13.7. The molecule has 2 atom stereocenters. The van der Waals surface area contributed by atoms with Crippen molar-refractivity contribution >= 4 is 0 Å². The van der Waals surface area contributed by atoms with Crippen molar-refractivity contribution in [2.24, 2.45) is 11.8 Å². The fourth-order valence-corrected chi connectivity index (χ4v) is 2.89. The van der Waals surface area contributed by atoms with E-state index in [1.54, 1.807) is 0 Å². The number of rotatable bonds is 1. The first kappa shape index (κ1) is 11.3. The molecule has 0 bridgehead atoms. The van der Waals surface area contributed by atoms with E-state index in [-0.39, 0.29) is 12.3 Å². The average molecular weight is 218 g/mol. The van der Waals surface area contributed by atoms with Gasteiger partial charge in [0, 0.05) is 32.0 Å². The Bertz CT molecular complexity index is 221. The van der Waals surface area contributed by atoms with E-state index in [2.05, 4.69) is 10.2 Å². The van der Waals surface area contributed by atoms with Crippen LogP contribution in [0.15, 0.2) is 0 Å². The van der Waals surface area contributed by atoms with Crippen LogP contribution in [-0.2, 0) is 0 Å². The zero-order valence-corrected chi connectivity index (χ0v) is 9.31. The van der Waals surface area contributed by atoms with Crippen molar-refractivity contribution in [2.45, 2.75) is 25.2 Å². The predicted octanol–water partition coefficient (Wildman–Crippen LogP) is 1.57. The molecule has 1 N–H and O–H groups in total. The second-order valence-corrected chi connectivity index (χ2v) is 4.99. The van der Waals surface area contributed by atoms with Crippen LogP contribution in [0, 0.1) is 11.8 Å². The molecule has 2 aliphatic rings. The van der Waals surface area contributed by atoms with Crippen LogP contribution in [0.2, 0.25) is 0 Å². The molecule has 2 fully saturated rings. The molecule has 15 heavy (non-hydrogen) atoms. The van der Waals surface area contributed by atoms with Gasteiger partial charge in [-0.2, -0.15) is 0 Å². The van der Waals surface area contributed by atoms with Gasteiger partial charge in [-0.05, 0) is 32.4 Å². The molecule has 2 saturated heterocycles. The standard InChI is InChI=1S/C11H20F2N2/c1-15-6-2-3-9(8-15)10-7-14-5-4-11(10,12)13/h9-10,14H,2-8H2,1H3. The summed E-state index contributed by atoms with van der Waals surface area (Å²) in [5, 5.41) is 3.10. The number of likely N-dealkylation sites (tertiary alicyclic amines) is 1. The molecule has 0 radical (unpaired) electrons. The molecule has 2 rings (SSSR count). The molecule has 2 heterocycles. The molecule has 0 aromatic heterocycles. The molecule has 0 spiro atoms. The number of nitrogens with zero attached hydrogens (tertiary/aromatic N) is 1. The lowest BCUT2D eigenvalue weighted by molar-refractivity contribution is -0.107. The molecule has 2 aliphatic heterocycles. The van der Waals surface area contributed by atoms with Gasteiger partial charge in [0.05, 0.1) is 0 Å². The van der Waals surface area contributed by atoms with Crippen LogP contribution in [0.4, 0.5) is 8.78 Å². The zero-order chi connectivity index (χ0) is 10.9. The summed E-state index contributed by atoms with van der Waals surface area (Å²) in [6, 6.07) is 0. The van der Waals surface area contributed by atoms with Crippen molar-refractivity contribution in [3.8, 4) is 0 Å². The van der Waals surface area contributed by atoms with Crippen LogP contribution >= 0.6 is 0 Å². The quantitative estimate of drug-likeness (QED) is 0.718. The molecule has 0 amide bonds. The lowest BCUT2D eigenvalue weighted by Gasteiger charge is -2.41. The van der Waals surface area contributed by atoms with Gasteiger partial charge < -0.3 is 10.2 Å². The number of hydrogen-bond donors (Lipinski definition) is 1. The molecule has 4 heteroatoms. The highest BCUT2D eigenvalue weighted by molar-refractivity contribution is 4.90. The van der Waals surface area contributed by atoms with E-state index in [1.807, 2.05) is 7.05 Å². The highest BCUT2D eigenvalue weighted by Gasteiger charge is 2.45. The summed E-state index contributed by atoms with van der Waals surface area (Å²) in [4.78, 5) is 2.18. The van der Waals surface area contributed by atoms with E-state index >= 15 is 0 Å². The molecule has 0 saturated carbocycles. The second kappa shape index (κ2) is 4.34. The van der Waals surface area contributed by atoms with Gasteiger partial charge in [0.2, 0.25) is 0 Å². The molecular weight excluding hydrogens is 198 g/mol. The summed E-state index contributed by atoms with van der Waals surface area (Å²) in [5.41, 5.74) is 0. The maximum Gasteiger partial charge on any atom is 0.253 e. The van der Waals surface area contributed by atoms with E-state index < -0.39 is 11.8 Å². The summed E-state index contributed by atoms with van der Waals surface area (Å²) in [7, 11) is 2.03. The van der Waals surface area contributed by atoms with Gasteiger partial charge in [-0.1, -0.05) is 0 Å². The Hall–Kier alpha value is -0.220. The minimum absolute atomic E-state index is 0.0118. The van der Waals surface area contributed by atoms with Crippen LogP contribution < -0.4 is 5.32 Å². The SMILES string of the molecule is CN1CCCC(C2CNCCC2(F)F)C1. The molecule has 0 aromatic rings. The van der Waals surface area contributed by atoms with Crippen LogP contribution in [0.3, 0.4) is 0 Å². The summed E-state index contributed by atoms with van der Waals surface area (Å²) < 4.78 is 27.4. The normalized spacial score (nSPS) is 37.8. The van der Waals surface area contributed by atoms with Crippen LogP contribution in [0.25, 0.3) is 0 Å². The Kier molecular flexibility index (Phi) is 3.26. The predicted molar refractivity (Wildman–Crippen MR) is 56.1 cm³/mol. The summed E-state index contributed by atoms with van der Waals surface area (Å²) in [6.07, 6.45) is 2.04. The highest BCUT2D eigenvalue weighted by atomic mass is 19.3. The molecule has 2 unspecified atom stereocenters. The van der Waals surface area contributed by atoms with Gasteiger partial charge >= 0.3 is 0 Å². The van der Waals surface area contributed by atoms with E-state index in [4.69, 9.17) is 0 Å². The summed E-state index contributed by atoms with van der Waals surface area (Å²) >= 11 is 0. The first-order valence-corrected chi connectivity index (χ1v) is 5.87. The fraction of sp³-hybridized carbons (Fsp3) is 1.00. The molecule has 0 aromatic carbocycles. The van der Waals surface area contributed by atoms with Crippen molar-refractivity contribution in [1.82, 2.24) is 10.2 Å². The van der Waals surface area contributed by atoms with Gasteiger partial charge in [0.15, 0.2) is 0 Å². The monoisotopic (exact) mass is 218 g/mol. The lowest BCUT2D eigenvalue weighted by atomic mass is 9.79. The highest BCUT2D eigenvalue weighted by Crippen LogP contribution is 2.38. The second-order valence-electron chi connectivity index (χ2n) is 4.99. The molecule has 0 aliphatic carbocycles. The van der Waals surface area contributed by atoms with Crippen molar-refractivity contribution in [1.29, 1.82) is 0 Å². The van der Waals surface area contributed by atoms with Gasteiger partial charge in [0.1, 0.15) is 0 Å². The first-order chi connectivity index (χ1) is 7.09. The number of nitrogens with one attached hydrogen (secondary N) is 1. The van der Waals surface area contributed by atoms with E-state index in [9.17, 15) is 8.78 Å². The number of alkyl halides is 2. The van der Waals surface area contributed by atoms with Crippen LogP contribution in [0.1, 0.15) is 19.3 Å². The van der Waals surface area contributed by atoms with E-state index in [0.29, 0.717) is 13.1 Å². The van der Waals surface area contributed by atoms with Gasteiger partial charge in [-0.25, -0.2) is 8.78 Å². The largest absolute Gasteiger partial charge is 0.316 e. The minimum Gasteiger partial charge on any atom is -0.316 e. The van der Waals surface area contributed by atoms with Crippen LogP contribution in [0.5, 0.6) is 0 Å². The Balaban J connectivity index is 2.01. The van der Waals surface area contributed by atoms with Crippen molar-refractivity contribution in [3.05, 3.63) is 0 Å². The summed E-state index contributed by atoms with van der Waals surface area (Å²) in [6.45, 7) is 2.85. The Morgan fingerprint density at radius 3 is 2.87 bits per heavy atom. The van der Waals surface area contributed by atoms with Gasteiger partial charge in [-0.15, -0.1) is 0 Å². The van der Waals surface area contributed by atoms with Gasteiger partial charge in [-0.3, -0.25) is 0 Å². The average Bonchev–Trinajstić information content (AvgIpc) is 2.17. The first-order valence-electron chi connectivity index (χ1n) is 5.87. The topological polar surface area (TPSA) is 15.3 Å². The molecular formula is C11H20F2N2. The Morgan fingerprint density at radius 2 is 2.20 bits per heavy atom. The Labute approximate surface area is 90.0 Å². The number of piperidine rings is 2. The Morgan fingerprint density at radius 1 is 1.40 bits per heavy atom. The molecule has 2 nitrogen and oxygen atoms in total. The number of halogens is 2. The number of hydrogen-bond acceptors (Lipinski definition) is 2. The van der Waals surface area contributed by atoms with E-state index in [0.717, 1.165) is 25.9 Å². The van der Waals surface area contributed by atoms with Crippen molar-refractivity contribution in [2.75, 3.05) is 33.2 Å². The third kappa shape index (κ3) is 2.48. The maximum atomic E-state index is 13.7. The van der Waals surface area contributed by atoms with E-state index in [1.165, 1.54) is 0 Å². The van der Waals surface area contributed by atoms with Crippen molar-refractivity contribution in [3.63, 3.8) is 0 Å². The zero-order valence-electron chi connectivity index (χ0n) is 9.31. The third-order valence-corrected chi connectivity index (χ3v) is 3.77. The minimum atomic E-state index is -2.45. The fourth-order valence-electron chi connectivity index (χ4n) is 2.89. The lowest BCUT2D eigenvalue weighted by Crippen LogP contribution is -2.51. The van der Waals surface area contributed by atoms with Gasteiger partial charge in [0.25, 0.3) is 5.92 Å². The third-order valence-electron chi connectivity index (χ3n) is 3.77.